The highest BCUT2D eigenvalue weighted by molar-refractivity contribution is 5.75. The molecule has 0 bridgehead atoms. The maximum absolute atomic E-state index is 12.7. The van der Waals surface area contributed by atoms with E-state index in [9.17, 15) is 22.8 Å². The fourth-order valence-corrected chi connectivity index (χ4v) is 2.97. The van der Waals surface area contributed by atoms with Crippen molar-refractivity contribution in [3.63, 3.8) is 0 Å². The second kappa shape index (κ2) is 10.0. The highest BCUT2D eigenvalue weighted by Gasteiger charge is 2.38. The van der Waals surface area contributed by atoms with Gasteiger partial charge in [-0.25, -0.2) is 9.59 Å². The first kappa shape index (κ1) is 24.5. The fourth-order valence-electron chi connectivity index (χ4n) is 2.97. The third-order valence-electron chi connectivity index (χ3n) is 4.49. The molecule has 1 aliphatic heterocycles. The quantitative estimate of drug-likeness (QED) is 0.590. The van der Waals surface area contributed by atoms with Gasteiger partial charge in [-0.05, 0) is 6.92 Å². The topological polar surface area (TPSA) is 138 Å². The number of alkyl halides is 3. The number of carboxylic acids is 1. The maximum Gasteiger partial charge on any atom is 0.490 e. The molecule has 2 N–H and O–H groups in total. The lowest BCUT2D eigenvalue weighted by molar-refractivity contribution is -0.192. The van der Waals surface area contributed by atoms with Gasteiger partial charge in [0.2, 0.25) is 5.95 Å². The monoisotopic (exact) mass is 455 g/mol. The normalized spacial score (nSPS) is 13.6. The maximum atomic E-state index is 12.7. The Labute approximate surface area is 179 Å². The SMILES string of the molecule is CC#CCn1c(N2CCNCC2)nc2c1c(=O)n(C)c(=O)n2CC#N.O=C(O)C(F)(F)F. The van der Waals surface area contributed by atoms with Crippen molar-refractivity contribution in [1.29, 1.82) is 5.26 Å². The number of carbonyl (C=O) groups is 1. The smallest absolute Gasteiger partial charge is 0.475 e. The summed E-state index contributed by atoms with van der Waals surface area (Å²) in [6, 6.07) is 1.96. The molecule has 0 atom stereocenters. The lowest BCUT2D eigenvalue weighted by atomic mass is 10.4. The number of carboxylic acid groups (broad SMARTS) is 1. The number of anilines is 1. The van der Waals surface area contributed by atoms with Crippen molar-refractivity contribution in [3.05, 3.63) is 20.8 Å². The molecule has 14 heteroatoms. The fraction of sp³-hybridized carbons (Fsp3) is 0.500. The van der Waals surface area contributed by atoms with Crippen LogP contribution in [0, 0.1) is 23.2 Å². The van der Waals surface area contributed by atoms with Gasteiger partial charge in [-0.3, -0.25) is 18.5 Å². The summed E-state index contributed by atoms with van der Waals surface area (Å²) in [6.07, 6.45) is -5.08. The second-order valence-corrected chi connectivity index (χ2v) is 6.53. The van der Waals surface area contributed by atoms with E-state index >= 15 is 0 Å². The van der Waals surface area contributed by atoms with Gasteiger partial charge in [-0.2, -0.15) is 23.4 Å². The number of hydrogen-bond acceptors (Lipinski definition) is 7. The summed E-state index contributed by atoms with van der Waals surface area (Å²) in [5.74, 6) is 3.64. The van der Waals surface area contributed by atoms with Gasteiger partial charge in [0, 0.05) is 33.2 Å². The Bertz CT molecular complexity index is 1220. The van der Waals surface area contributed by atoms with E-state index in [1.165, 1.54) is 11.6 Å². The van der Waals surface area contributed by atoms with Gasteiger partial charge >= 0.3 is 17.8 Å². The molecule has 1 saturated heterocycles. The number of fused-ring (bicyclic) bond motifs is 1. The number of nitrogens with one attached hydrogen (secondary N) is 1. The number of aromatic nitrogens is 4. The molecule has 1 fully saturated rings. The second-order valence-electron chi connectivity index (χ2n) is 6.53. The average Bonchev–Trinajstić information content (AvgIpc) is 3.13. The standard InChI is InChI=1S/C16H19N7O2.C2HF3O2/c1-3-4-8-22-12-13(19-15(22)21-10-6-18-7-11-21)23(9-5-17)16(25)20(2)14(12)24;3-2(4,5)1(6)7/h18H,6-11H2,1-2H3;(H,6,7). The Morgan fingerprint density at radius 1 is 1.22 bits per heavy atom. The summed E-state index contributed by atoms with van der Waals surface area (Å²) in [5, 5.41) is 19.5. The van der Waals surface area contributed by atoms with Crippen LogP contribution in [0.3, 0.4) is 0 Å². The van der Waals surface area contributed by atoms with Crippen LogP contribution in [-0.2, 0) is 24.9 Å². The molecule has 3 heterocycles. The summed E-state index contributed by atoms with van der Waals surface area (Å²) in [4.78, 5) is 40.6. The molecule has 0 radical (unpaired) electrons. The van der Waals surface area contributed by atoms with E-state index < -0.39 is 23.4 Å². The van der Waals surface area contributed by atoms with Crippen molar-refractivity contribution in [2.75, 3.05) is 31.1 Å². The molecular weight excluding hydrogens is 435 g/mol. The highest BCUT2D eigenvalue weighted by atomic mass is 19.4. The molecule has 0 aromatic carbocycles. The summed E-state index contributed by atoms with van der Waals surface area (Å²) in [5.41, 5.74) is -0.437. The Kier molecular flexibility index (Phi) is 7.67. The van der Waals surface area contributed by atoms with Gasteiger partial charge in [-0.15, -0.1) is 5.92 Å². The van der Waals surface area contributed by atoms with Crippen molar-refractivity contribution in [2.24, 2.45) is 7.05 Å². The van der Waals surface area contributed by atoms with Crippen LogP contribution in [0.1, 0.15) is 6.92 Å². The van der Waals surface area contributed by atoms with E-state index in [1.807, 2.05) is 6.07 Å². The first-order valence-corrected chi connectivity index (χ1v) is 9.27. The van der Waals surface area contributed by atoms with Crippen molar-refractivity contribution >= 4 is 23.1 Å². The predicted octanol–water partition coefficient (Wildman–Crippen LogP) is -0.514. The summed E-state index contributed by atoms with van der Waals surface area (Å²) < 4.78 is 35.7. The van der Waals surface area contributed by atoms with Crippen LogP contribution >= 0.6 is 0 Å². The number of nitriles is 1. The lowest BCUT2D eigenvalue weighted by Gasteiger charge is -2.28. The Hall–Kier alpha value is -3.78. The zero-order chi connectivity index (χ0) is 24.1. The summed E-state index contributed by atoms with van der Waals surface area (Å²) in [7, 11) is 1.41. The van der Waals surface area contributed by atoms with Crippen LogP contribution in [0.4, 0.5) is 19.1 Å². The van der Waals surface area contributed by atoms with Gasteiger partial charge in [0.05, 0.1) is 12.6 Å². The molecule has 32 heavy (non-hydrogen) atoms. The first-order valence-electron chi connectivity index (χ1n) is 9.27. The zero-order valence-electron chi connectivity index (χ0n) is 17.2. The van der Waals surface area contributed by atoms with Gasteiger partial charge < -0.3 is 15.3 Å². The predicted molar refractivity (Wildman–Crippen MR) is 107 cm³/mol. The van der Waals surface area contributed by atoms with E-state index in [-0.39, 0.29) is 12.2 Å². The third-order valence-corrected chi connectivity index (χ3v) is 4.49. The van der Waals surface area contributed by atoms with Crippen molar-refractivity contribution in [2.45, 2.75) is 26.2 Å². The molecule has 0 amide bonds. The molecule has 0 aliphatic carbocycles. The van der Waals surface area contributed by atoms with E-state index in [2.05, 4.69) is 27.0 Å². The van der Waals surface area contributed by atoms with Crippen molar-refractivity contribution < 1.29 is 23.1 Å². The number of nitrogens with zero attached hydrogens (tertiary/aromatic N) is 6. The van der Waals surface area contributed by atoms with Crippen LogP contribution in [-0.4, -0.2) is 62.1 Å². The first-order chi connectivity index (χ1) is 15.0. The summed E-state index contributed by atoms with van der Waals surface area (Å²) >= 11 is 0. The van der Waals surface area contributed by atoms with Crippen LogP contribution in [0.15, 0.2) is 9.59 Å². The summed E-state index contributed by atoms with van der Waals surface area (Å²) in [6.45, 7) is 4.97. The number of aliphatic carboxylic acids is 1. The molecule has 1 aliphatic rings. The molecule has 2 aromatic heterocycles. The Balaban J connectivity index is 0.000000451. The Morgan fingerprint density at radius 2 is 1.81 bits per heavy atom. The van der Waals surface area contributed by atoms with E-state index in [0.29, 0.717) is 18.0 Å². The average molecular weight is 455 g/mol. The molecular formula is C18H20F3N7O4. The van der Waals surface area contributed by atoms with Gasteiger partial charge in [0.25, 0.3) is 5.56 Å². The van der Waals surface area contributed by atoms with Crippen LogP contribution in [0.25, 0.3) is 11.2 Å². The van der Waals surface area contributed by atoms with Gasteiger partial charge in [-0.1, -0.05) is 5.92 Å². The third kappa shape index (κ3) is 5.09. The molecule has 11 nitrogen and oxygen atoms in total. The molecule has 2 aromatic rings. The van der Waals surface area contributed by atoms with E-state index in [0.717, 1.165) is 30.7 Å². The zero-order valence-corrected chi connectivity index (χ0v) is 17.2. The Morgan fingerprint density at radius 3 is 2.31 bits per heavy atom. The van der Waals surface area contributed by atoms with Gasteiger partial charge in [0.15, 0.2) is 11.2 Å². The number of rotatable bonds is 3. The van der Waals surface area contributed by atoms with Crippen molar-refractivity contribution in [1.82, 2.24) is 24.0 Å². The van der Waals surface area contributed by atoms with Crippen LogP contribution in [0.2, 0.25) is 0 Å². The minimum Gasteiger partial charge on any atom is -0.475 e. The minimum absolute atomic E-state index is 0.166. The molecule has 3 rings (SSSR count). The van der Waals surface area contributed by atoms with Crippen LogP contribution in [0.5, 0.6) is 0 Å². The van der Waals surface area contributed by atoms with Crippen LogP contribution < -0.4 is 21.5 Å². The van der Waals surface area contributed by atoms with E-state index in [4.69, 9.17) is 15.2 Å². The highest BCUT2D eigenvalue weighted by Crippen LogP contribution is 2.20. The van der Waals surface area contributed by atoms with E-state index in [1.54, 1.807) is 11.5 Å². The minimum atomic E-state index is -5.08. The number of halogens is 3. The molecule has 172 valence electrons. The molecule has 0 saturated carbocycles. The molecule has 0 spiro atoms. The lowest BCUT2D eigenvalue weighted by Crippen LogP contribution is -2.44. The molecule has 0 unspecified atom stereocenters. The number of piperazine rings is 1. The van der Waals surface area contributed by atoms with Crippen molar-refractivity contribution in [3.8, 4) is 17.9 Å². The van der Waals surface area contributed by atoms with Gasteiger partial charge in [0.1, 0.15) is 6.54 Å². The number of hydrogen-bond donors (Lipinski definition) is 2. The number of imidazole rings is 1. The largest absolute Gasteiger partial charge is 0.490 e.